The summed E-state index contributed by atoms with van der Waals surface area (Å²) in [5.74, 6) is 5.07. The molecular weight excluding hydrogens is 318 g/mol. The summed E-state index contributed by atoms with van der Waals surface area (Å²) >= 11 is 0. The van der Waals surface area contributed by atoms with E-state index in [4.69, 9.17) is 5.11 Å². The number of carbonyl (C=O) groups excluding carboxylic acids is 2. The van der Waals surface area contributed by atoms with Gasteiger partial charge in [-0.15, -0.1) is 0 Å². The third-order valence-corrected chi connectivity index (χ3v) is 3.48. The van der Waals surface area contributed by atoms with Crippen LogP contribution in [0.5, 0.6) is 0 Å². The molecule has 1 atom stereocenters. The van der Waals surface area contributed by atoms with Crippen molar-refractivity contribution in [1.29, 1.82) is 0 Å². The van der Waals surface area contributed by atoms with Gasteiger partial charge >= 0.3 is 5.97 Å². The highest BCUT2D eigenvalue weighted by molar-refractivity contribution is 5.96. The van der Waals surface area contributed by atoms with Crippen molar-refractivity contribution in [2.24, 2.45) is 0 Å². The predicted molar refractivity (Wildman–Crippen MR) is 93.8 cm³/mol. The first kappa shape index (κ1) is 18.2. The van der Waals surface area contributed by atoms with Crippen LogP contribution < -0.4 is 5.32 Å². The van der Waals surface area contributed by atoms with Crippen LogP contribution in [-0.4, -0.2) is 36.7 Å². The summed E-state index contributed by atoms with van der Waals surface area (Å²) < 4.78 is 4.61. The largest absolute Gasteiger partial charge is 0.467 e. The molecule has 0 saturated heterocycles. The third-order valence-electron chi connectivity index (χ3n) is 3.48. The number of amides is 1. The number of carbonyl (C=O) groups is 2. The molecule has 0 heterocycles. The Labute approximate surface area is 146 Å². The first-order valence-electron chi connectivity index (χ1n) is 7.80. The topological polar surface area (TPSA) is 75.6 Å². The summed E-state index contributed by atoms with van der Waals surface area (Å²) in [6.07, 6.45) is 0.0963. The first-order chi connectivity index (χ1) is 12.1. The number of hydrogen-bond acceptors (Lipinski definition) is 4. The smallest absolute Gasteiger partial charge is 0.328 e. The van der Waals surface area contributed by atoms with Gasteiger partial charge in [-0.2, -0.15) is 0 Å². The van der Waals surface area contributed by atoms with Gasteiger partial charge in [-0.3, -0.25) is 4.79 Å². The van der Waals surface area contributed by atoms with Crippen LogP contribution in [0.2, 0.25) is 0 Å². The minimum atomic E-state index is -0.875. The molecule has 5 heteroatoms. The molecule has 128 valence electrons. The Morgan fingerprint density at radius 1 is 1.04 bits per heavy atom. The van der Waals surface area contributed by atoms with E-state index in [2.05, 4.69) is 21.9 Å². The SMILES string of the molecule is COC(=O)C(CCO)NC(=O)c1ccc(C#Cc2ccccc2)cc1. The van der Waals surface area contributed by atoms with Crippen LogP contribution in [0.25, 0.3) is 0 Å². The molecule has 5 nitrogen and oxygen atoms in total. The van der Waals surface area contributed by atoms with Crippen molar-refractivity contribution in [2.75, 3.05) is 13.7 Å². The van der Waals surface area contributed by atoms with Crippen molar-refractivity contribution in [3.63, 3.8) is 0 Å². The zero-order chi connectivity index (χ0) is 18.1. The molecule has 0 radical (unpaired) electrons. The zero-order valence-corrected chi connectivity index (χ0v) is 13.9. The van der Waals surface area contributed by atoms with Crippen molar-refractivity contribution in [2.45, 2.75) is 12.5 Å². The van der Waals surface area contributed by atoms with Crippen LogP contribution >= 0.6 is 0 Å². The number of rotatable bonds is 5. The second-order valence-corrected chi connectivity index (χ2v) is 5.25. The fraction of sp³-hybridized carbons (Fsp3) is 0.200. The summed E-state index contributed by atoms with van der Waals surface area (Å²) in [7, 11) is 1.24. The lowest BCUT2D eigenvalue weighted by atomic mass is 10.1. The fourth-order valence-corrected chi connectivity index (χ4v) is 2.13. The van der Waals surface area contributed by atoms with Crippen LogP contribution in [-0.2, 0) is 9.53 Å². The van der Waals surface area contributed by atoms with E-state index in [0.717, 1.165) is 11.1 Å². The molecule has 1 amide bonds. The van der Waals surface area contributed by atoms with Crippen molar-refractivity contribution >= 4 is 11.9 Å². The second kappa shape index (κ2) is 9.26. The van der Waals surface area contributed by atoms with Gasteiger partial charge in [-0.1, -0.05) is 30.0 Å². The predicted octanol–water partition coefficient (Wildman–Crippen LogP) is 1.74. The Kier molecular flexibility index (Phi) is 6.76. The summed E-state index contributed by atoms with van der Waals surface area (Å²) in [6.45, 7) is -0.228. The van der Waals surface area contributed by atoms with Gasteiger partial charge in [0.25, 0.3) is 5.91 Å². The number of methoxy groups -OCH3 is 1. The average molecular weight is 337 g/mol. The Morgan fingerprint density at radius 3 is 2.20 bits per heavy atom. The van der Waals surface area contributed by atoms with Gasteiger partial charge in [0.2, 0.25) is 0 Å². The lowest BCUT2D eigenvalue weighted by molar-refractivity contribution is -0.143. The second-order valence-electron chi connectivity index (χ2n) is 5.25. The molecule has 2 aromatic carbocycles. The molecule has 25 heavy (non-hydrogen) atoms. The molecule has 2 N–H and O–H groups in total. The van der Waals surface area contributed by atoms with Gasteiger partial charge in [0.1, 0.15) is 6.04 Å². The van der Waals surface area contributed by atoms with E-state index in [-0.39, 0.29) is 13.0 Å². The lowest BCUT2D eigenvalue weighted by Gasteiger charge is -2.15. The Balaban J connectivity index is 2.05. The molecule has 2 rings (SSSR count). The number of esters is 1. The highest BCUT2D eigenvalue weighted by Gasteiger charge is 2.21. The van der Waals surface area contributed by atoms with Crippen LogP contribution in [0.1, 0.15) is 27.9 Å². The van der Waals surface area contributed by atoms with Crippen LogP contribution in [0, 0.1) is 11.8 Å². The number of aliphatic hydroxyl groups excluding tert-OH is 1. The molecule has 0 fully saturated rings. The van der Waals surface area contributed by atoms with Gasteiger partial charge in [0.15, 0.2) is 0 Å². The van der Waals surface area contributed by atoms with E-state index in [9.17, 15) is 9.59 Å². The van der Waals surface area contributed by atoms with Crippen molar-refractivity contribution < 1.29 is 19.4 Å². The molecule has 0 aliphatic carbocycles. The number of nitrogens with one attached hydrogen (secondary N) is 1. The minimum Gasteiger partial charge on any atom is -0.467 e. The average Bonchev–Trinajstić information content (AvgIpc) is 2.66. The van der Waals surface area contributed by atoms with Gasteiger partial charge < -0.3 is 15.2 Å². The standard InChI is InChI=1S/C20H19NO4/c1-25-20(24)18(13-14-22)21-19(23)17-11-9-16(10-12-17)8-7-15-5-3-2-4-6-15/h2-6,9-12,18,22H,13-14H2,1H3,(H,21,23). The van der Waals surface area contributed by atoms with Crippen molar-refractivity contribution in [3.05, 3.63) is 71.3 Å². The van der Waals surface area contributed by atoms with E-state index in [1.165, 1.54) is 7.11 Å². The fourth-order valence-electron chi connectivity index (χ4n) is 2.13. The number of aliphatic hydroxyl groups is 1. The summed E-state index contributed by atoms with van der Waals surface area (Å²) in [5, 5.41) is 11.5. The maximum atomic E-state index is 12.2. The Bertz CT molecular complexity index is 773. The van der Waals surface area contributed by atoms with Crippen molar-refractivity contribution in [1.82, 2.24) is 5.32 Å². The summed E-state index contributed by atoms with van der Waals surface area (Å²) in [4.78, 5) is 23.8. The minimum absolute atomic E-state index is 0.0963. The molecule has 0 spiro atoms. The Morgan fingerprint density at radius 2 is 1.64 bits per heavy atom. The molecule has 0 bridgehead atoms. The monoisotopic (exact) mass is 337 g/mol. The highest BCUT2D eigenvalue weighted by atomic mass is 16.5. The van der Waals surface area contributed by atoms with Crippen LogP contribution in [0.3, 0.4) is 0 Å². The first-order valence-corrected chi connectivity index (χ1v) is 7.80. The van der Waals surface area contributed by atoms with Gasteiger partial charge in [0.05, 0.1) is 7.11 Å². The molecule has 2 aromatic rings. The van der Waals surface area contributed by atoms with E-state index >= 15 is 0 Å². The number of ether oxygens (including phenoxy) is 1. The normalized spacial score (nSPS) is 11.0. The van der Waals surface area contributed by atoms with E-state index in [1.807, 2.05) is 30.3 Å². The summed E-state index contributed by atoms with van der Waals surface area (Å²) in [5.41, 5.74) is 2.09. The lowest BCUT2D eigenvalue weighted by Crippen LogP contribution is -2.42. The molecular formula is C20H19NO4. The van der Waals surface area contributed by atoms with Crippen LogP contribution in [0.4, 0.5) is 0 Å². The van der Waals surface area contributed by atoms with Crippen LogP contribution in [0.15, 0.2) is 54.6 Å². The zero-order valence-electron chi connectivity index (χ0n) is 13.9. The quantitative estimate of drug-likeness (QED) is 0.644. The maximum absolute atomic E-state index is 12.2. The molecule has 0 saturated carbocycles. The number of hydrogen-bond donors (Lipinski definition) is 2. The molecule has 0 aromatic heterocycles. The van der Waals surface area contributed by atoms with Gasteiger partial charge in [-0.25, -0.2) is 4.79 Å². The van der Waals surface area contributed by atoms with E-state index in [0.29, 0.717) is 5.56 Å². The van der Waals surface area contributed by atoms with Gasteiger partial charge in [-0.05, 0) is 36.4 Å². The van der Waals surface area contributed by atoms with Crippen molar-refractivity contribution in [3.8, 4) is 11.8 Å². The summed E-state index contributed by atoms with van der Waals surface area (Å²) in [6, 6.07) is 15.5. The third kappa shape index (κ3) is 5.48. The van der Waals surface area contributed by atoms with Gasteiger partial charge in [0, 0.05) is 29.7 Å². The van der Waals surface area contributed by atoms with E-state index < -0.39 is 17.9 Å². The molecule has 0 aliphatic heterocycles. The molecule has 1 unspecified atom stereocenters. The maximum Gasteiger partial charge on any atom is 0.328 e. The highest BCUT2D eigenvalue weighted by Crippen LogP contribution is 2.06. The molecule has 0 aliphatic rings. The number of benzene rings is 2. The van der Waals surface area contributed by atoms with E-state index in [1.54, 1.807) is 24.3 Å². The Hall–Kier alpha value is -3.10.